The maximum atomic E-state index is 10.4. The number of hydrogen-bond acceptors (Lipinski definition) is 4. The van der Waals surface area contributed by atoms with Gasteiger partial charge in [0.1, 0.15) is 12.4 Å². The number of carbonyl (C=O) groups is 1. The Balaban J connectivity index is 1.95. The summed E-state index contributed by atoms with van der Waals surface area (Å²) in [6.45, 7) is 0.404. The van der Waals surface area contributed by atoms with Crippen molar-refractivity contribution < 1.29 is 19.7 Å². The number of benzene rings is 1. The summed E-state index contributed by atoms with van der Waals surface area (Å²) < 4.78 is 5.63. The second-order valence-corrected chi connectivity index (χ2v) is 5.11. The number of aliphatic carboxylic acids is 1. The summed E-state index contributed by atoms with van der Waals surface area (Å²) >= 11 is 1.51. The molecule has 1 aromatic carbocycles. The number of ether oxygens (including phenoxy) is 1. The maximum Gasteiger partial charge on any atom is 0.328 e. The molecule has 0 bridgehead atoms. The first-order valence-electron chi connectivity index (χ1n) is 5.98. The van der Waals surface area contributed by atoms with E-state index in [0.29, 0.717) is 12.4 Å². The van der Waals surface area contributed by atoms with E-state index in [1.807, 2.05) is 29.6 Å². The third-order valence-electron chi connectivity index (χ3n) is 2.55. The lowest BCUT2D eigenvalue weighted by atomic mass is 10.2. The molecule has 0 amide bonds. The Morgan fingerprint density at radius 3 is 2.95 bits per heavy atom. The molecule has 0 aliphatic heterocycles. The van der Waals surface area contributed by atoms with Crippen LogP contribution >= 0.6 is 11.3 Å². The predicted octanol–water partition coefficient (Wildman–Crippen LogP) is 2.92. The molecule has 1 heterocycles. The van der Waals surface area contributed by atoms with E-state index < -0.39 is 5.97 Å². The van der Waals surface area contributed by atoms with Gasteiger partial charge in [0.05, 0.1) is 6.61 Å². The molecule has 0 saturated carbocycles. The molecular formula is C15H14O4S. The van der Waals surface area contributed by atoms with E-state index in [1.54, 1.807) is 12.1 Å². The van der Waals surface area contributed by atoms with Crippen molar-refractivity contribution in [3.05, 3.63) is 57.8 Å². The second kappa shape index (κ2) is 6.88. The Hall–Kier alpha value is -2.11. The molecule has 0 fully saturated rings. The predicted molar refractivity (Wildman–Crippen MR) is 77.7 cm³/mol. The lowest BCUT2D eigenvalue weighted by Crippen LogP contribution is -1.93. The molecule has 2 rings (SSSR count). The normalized spacial score (nSPS) is 10.8. The topological polar surface area (TPSA) is 66.8 Å². The summed E-state index contributed by atoms with van der Waals surface area (Å²) in [6, 6.07) is 9.17. The largest absolute Gasteiger partial charge is 0.488 e. The number of rotatable bonds is 6. The lowest BCUT2D eigenvalue weighted by molar-refractivity contribution is -0.131. The number of aliphatic hydroxyl groups is 1. The van der Waals surface area contributed by atoms with Crippen LogP contribution in [0.2, 0.25) is 0 Å². The highest BCUT2D eigenvalue weighted by Gasteiger charge is 2.01. The third kappa shape index (κ3) is 4.22. The molecule has 0 aliphatic carbocycles. The van der Waals surface area contributed by atoms with Crippen LogP contribution in [0, 0.1) is 0 Å². The van der Waals surface area contributed by atoms with Crippen LogP contribution < -0.4 is 4.74 Å². The van der Waals surface area contributed by atoms with Gasteiger partial charge in [-0.25, -0.2) is 4.79 Å². The highest BCUT2D eigenvalue weighted by Crippen LogP contribution is 2.20. The summed E-state index contributed by atoms with van der Waals surface area (Å²) in [7, 11) is 0. The van der Waals surface area contributed by atoms with Gasteiger partial charge in [-0.2, -0.15) is 0 Å². The van der Waals surface area contributed by atoms with Crippen molar-refractivity contribution in [1.29, 1.82) is 0 Å². The van der Waals surface area contributed by atoms with Crippen molar-refractivity contribution in [2.75, 3.05) is 0 Å². The van der Waals surface area contributed by atoms with Gasteiger partial charge in [-0.05, 0) is 40.8 Å². The summed E-state index contributed by atoms with van der Waals surface area (Å²) in [5, 5.41) is 19.5. The highest BCUT2D eigenvalue weighted by atomic mass is 32.1. The van der Waals surface area contributed by atoms with Gasteiger partial charge < -0.3 is 14.9 Å². The van der Waals surface area contributed by atoms with Crippen molar-refractivity contribution >= 4 is 23.4 Å². The molecule has 0 spiro atoms. The molecule has 0 aliphatic rings. The number of carboxylic acids is 1. The van der Waals surface area contributed by atoms with Crippen molar-refractivity contribution in [3.63, 3.8) is 0 Å². The first-order valence-corrected chi connectivity index (χ1v) is 6.86. The van der Waals surface area contributed by atoms with Crippen LogP contribution in [0.4, 0.5) is 0 Å². The van der Waals surface area contributed by atoms with Gasteiger partial charge in [0.15, 0.2) is 0 Å². The zero-order valence-electron chi connectivity index (χ0n) is 10.7. The van der Waals surface area contributed by atoms with Crippen LogP contribution in [0.5, 0.6) is 5.75 Å². The van der Waals surface area contributed by atoms with Gasteiger partial charge in [0.25, 0.3) is 0 Å². The van der Waals surface area contributed by atoms with Crippen molar-refractivity contribution in [3.8, 4) is 5.75 Å². The molecule has 104 valence electrons. The first-order chi connectivity index (χ1) is 9.67. The Morgan fingerprint density at radius 1 is 1.35 bits per heavy atom. The van der Waals surface area contributed by atoms with E-state index >= 15 is 0 Å². The van der Waals surface area contributed by atoms with E-state index in [0.717, 1.165) is 22.1 Å². The standard InChI is InChI=1S/C15H14O4S/c16-8-11-2-1-3-13(6-11)19-9-14-7-12(10-20-14)4-5-15(17)18/h1-7,10,16H,8-9H2,(H,17,18). The van der Waals surface area contributed by atoms with E-state index in [1.165, 1.54) is 11.3 Å². The minimum atomic E-state index is -0.963. The molecule has 0 atom stereocenters. The fourth-order valence-electron chi connectivity index (χ4n) is 1.62. The molecule has 0 unspecified atom stereocenters. The fourth-order valence-corrected chi connectivity index (χ4v) is 2.38. The van der Waals surface area contributed by atoms with Gasteiger partial charge >= 0.3 is 5.97 Å². The number of aliphatic hydroxyl groups excluding tert-OH is 1. The van der Waals surface area contributed by atoms with Crippen LogP contribution in [0.1, 0.15) is 16.0 Å². The molecule has 2 N–H and O–H groups in total. The van der Waals surface area contributed by atoms with Crippen molar-refractivity contribution in [1.82, 2.24) is 0 Å². The van der Waals surface area contributed by atoms with Crippen molar-refractivity contribution in [2.45, 2.75) is 13.2 Å². The zero-order chi connectivity index (χ0) is 14.4. The second-order valence-electron chi connectivity index (χ2n) is 4.11. The quantitative estimate of drug-likeness (QED) is 0.803. The monoisotopic (exact) mass is 290 g/mol. The molecule has 2 aromatic rings. The first kappa shape index (κ1) is 14.3. The maximum absolute atomic E-state index is 10.4. The number of hydrogen-bond donors (Lipinski definition) is 2. The molecule has 0 saturated heterocycles. The Bertz CT molecular complexity index is 616. The van der Waals surface area contributed by atoms with Gasteiger partial charge in [-0.1, -0.05) is 12.1 Å². The average molecular weight is 290 g/mol. The smallest absolute Gasteiger partial charge is 0.328 e. The van der Waals surface area contributed by atoms with Crippen LogP contribution in [0.15, 0.2) is 41.8 Å². The molecule has 4 nitrogen and oxygen atoms in total. The van der Waals surface area contributed by atoms with Crippen molar-refractivity contribution in [2.24, 2.45) is 0 Å². The number of thiophene rings is 1. The number of carboxylic acid groups (broad SMARTS) is 1. The van der Waals surface area contributed by atoms with Crippen LogP contribution in [-0.2, 0) is 18.0 Å². The Kier molecular flexibility index (Phi) is 4.92. The zero-order valence-corrected chi connectivity index (χ0v) is 11.5. The van der Waals surface area contributed by atoms with Crippen LogP contribution in [0.3, 0.4) is 0 Å². The minimum absolute atomic E-state index is 0.0136. The fraction of sp³-hybridized carbons (Fsp3) is 0.133. The van der Waals surface area contributed by atoms with Gasteiger partial charge in [0, 0.05) is 11.0 Å². The molecular weight excluding hydrogens is 276 g/mol. The molecule has 0 radical (unpaired) electrons. The Morgan fingerprint density at radius 2 is 2.20 bits per heavy atom. The molecule has 1 aromatic heterocycles. The summed E-state index contributed by atoms with van der Waals surface area (Å²) in [5.41, 5.74) is 1.65. The lowest BCUT2D eigenvalue weighted by Gasteiger charge is -2.05. The van der Waals surface area contributed by atoms with Gasteiger partial charge in [-0.15, -0.1) is 11.3 Å². The summed E-state index contributed by atoms with van der Waals surface area (Å²) in [5.74, 6) is -0.262. The summed E-state index contributed by atoms with van der Waals surface area (Å²) in [6.07, 6.45) is 2.66. The minimum Gasteiger partial charge on any atom is -0.488 e. The highest BCUT2D eigenvalue weighted by molar-refractivity contribution is 7.10. The Labute approximate surface area is 120 Å². The van der Waals surface area contributed by atoms with Crippen LogP contribution in [0.25, 0.3) is 6.08 Å². The SMILES string of the molecule is O=C(O)C=Cc1csc(COc2cccc(CO)c2)c1. The molecule has 5 heteroatoms. The average Bonchev–Trinajstić information content (AvgIpc) is 2.91. The third-order valence-corrected chi connectivity index (χ3v) is 3.48. The molecule has 20 heavy (non-hydrogen) atoms. The van der Waals surface area contributed by atoms with E-state index in [2.05, 4.69) is 0 Å². The van der Waals surface area contributed by atoms with Gasteiger partial charge in [0.2, 0.25) is 0 Å². The summed E-state index contributed by atoms with van der Waals surface area (Å²) in [4.78, 5) is 11.4. The van der Waals surface area contributed by atoms with Gasteiger partial charge in [-0.3, -0.25) is 0 Å². The van der Waals surface area contributed by atoms with E-state index in [-0.39, 0.29) is 6.61 Å². The van der Waals surface area contributed by atoms with E-state index in [9.17, 15) is 4.79 Å². The van der Waals surface area contributed by atoms with E-state index in [4.69, 9.17) is 14.9 Å². The van der Waals surface area contributed by atoms with Crippen LogP contribution in [-0.4, -0.2) is 16.2 Å².